The molecule has 3 rings (SSSR count). The van der Waals surface area contributed by atoms with Crippen LogP contribution >= 0.6 is 0 Å². The zero-order chi connectivity index (χ0) is 24.9. The van der Waals surface area contributed by atoms with E-state index in [4.69, 9.17) is 0 Å². The van der Waals surface area contributed by atoms with E-state index in [-0.39, 0.29) is 19.0 Å². The highest BCUT2D eigenvalue weighted by molar-refractivity contribution is 7.89. The van der Waals surface area contributed by atoms with Crippen LogP contribution in [0.15, 0.2) is 65.7 Å². The summed E-state index contributed by atoms with van der Waals surface area (Å²) >= 11 is 0. The van der Waals surface area contributed by atoms with E-state index in [9.17, 15) is 13.2 Å². The van der Waals surface area contributed by atoms with Gasteiger partial charge >= 0.3 is 0 Å². The second-order valence-corrected chi connectivity index (χ2v) is 10.8. The van der Waals surface area contributed by atoms with Crippen molar-refractivity contribution in [3.8, 4) is 0 Å². The van der Waals surface area contributed by atoms with Crippen molar-refractivity contribution in [2.24, 2.45) is 7.05 Å². The van der Waals surface area contributed by atoms with Crippen LogP contribution in [0.2, 0.25) is 0 Å². The van der Waals surface area contributed by atoms with E-state index in [2.05, 4.69) is 0 Å². The highest BCUT2D eigenvalue weighted by Gasteiger charge is 2.30. The van der Waals surface area contributed by atoms with Gasteiger partial charge in [0.2, 0.25) is 15.9 Å². The van der Waals surface area contributed by atoms with Gasteiger partial charge < -0.3 is 9.47 Å². The summed E-state index contributed by atoms with van der Waals surface area (Å²) in [6.45, 7) is 8.41. The predicted molar refractivity (Wildman–Crippen MR) is 136 cm³/mol. The first-order chi connectivity index (χ1) is 16.1. The van der Waals surface area contributed by atoms with Gasteiger partial charge in [0.15, 0.2) is 0 Å². The van der Waals surface area contributed by atoms with Gasteiger partial charge in [0, 0.05) is 32.0 Å². The van der Waals surface area contributed by atoms with Crippen molar-refractivity contribution >= 4 is 15.9 Å². The molecule has 0 aliphatic rings. The van der Waals surface area contributed by atoms with Crippen molar-refractivity contribution in [2.45, 2.75) is 52.1 Å². The first kappa shape index (κ1) is 25.7. The summed E-state index contributed by atoms with van der Waals surface area (Å²) < 4.78 is 30.7. The number of hydrogen-bond donors (Lipinski definition) is 0. The Hall–Kier alpha value is -2.90. The molecule has 2 aromatic carbocycles. The molecule has 1 aromatic heterocycles. The fourth-order valence-electron chi connectivity index (χ4n) is 4.38. The third kappa shape index (κ3) is 5.96. The van der Waals surface area contributed by atoms with E-state index in [0.29, 0.717) is 35.5 Å². The van der Waals surface area contributed by atoms with E-state index in [1.807, 2.05) is 100 Å². The van der Waals surface area contributed by atoms with Crippen LogP contribution in [0.4, 0.5) is 0 Å². The molecule has 0 unspecified atom stereocenters. The summed E-state index contributed by atoms with van der Waals surface area (Å²) in [6.07, 6.45) is 2.56. The van der Waals surface area contributed by atoms with Crippen LogP contribution in [0.25, 0.3) is 0 Å². The van der Waals surface area contributed by atoms with Crippen LogP contribution in [-0.2, 0) is 35.0 Å². The average Bonchev–Trinajstić information content (AvgIpc) is 3.17. The largest absolute Gasteiger partial charge is 0.353 e. The number of aryl methyl sites for hydroxylation is 4. The molecule has 182 valence electrons. The van der Waals surface area contributed by atoms with Gasteiger partial charge in [-0.25, -0.2) is 8.42 Å². The maximum absolute atomic E-state index is 13.7. The highest BCUT2D eigenvalue weighted by Crippen LogP contribution is 2.26. The first-order valence-electron chi connectivity index (χ1n) is 11.6. The Morgan fingerprint density at radius 3 is 2.15 bits per heavy atom. The number of benzene rings is 2. The second kappa shape index (κ2) is 11.0. The summed E-state index contributed by atoms with van der Waals surface area (Å²) in [7, 11) is -1.89. The van der Waals surface area contributed by atoms with Crippen LogP contribution < -0.4 is 0 Å². The van der Waals surface area contributed by atoms with E-state index in [1.54, 1.807) is 4.90 Å². The number of aromatic nitrogens is 1. The van der Waals surface area contributed by atoms with Crippen molar-refractivity contribution in [2.75, 3.05) is 13.1 Å². The summed E-state index contributed by atoms with van der Waals surface area (Å²) in [5, 5.41) is 0. The van der Waals surface area contributed by atoms with Crippen molar-refractivity contribution in [1.29, 1.82) is 0 Å². The molecule has 0 spiro atoms. The molecule has 0 aliphatic carbocycles. The Kier molecular flexibility index (Phi) is 8.33. The van der Waals surface area contributed by atoms with E-state index < -0.39 is 10.0 Å². The zero-order valence-corrected chi connectivity index (χ0v) is 21.6. The predicted octanol–water partition coefficient (Wildman–Crippen LogP) is 4.58. The maximum atomic E-state index is 13.7. The van der Waals surface area contributed by atoms with Gasteiger partial charge in [-0.2, -0.15) is 4.31 Å². The third-order valence-electron chi connectivity index (χ3n) is 5.96. The molecule has 6 nitrogen and oxygen atoms in total. The maximum Gasteiger partial charge on any atom is 0.244 e. The molecule has 0 radical (unpaired) electrons. The summed E-state index contributed by atoms with van der Waals surface area (Å²) in [6, 6.07) is 17.5. The van der Waals surface area contributed by atoms with Gasteiger partial charge in [-0.05, 0) is 56.0 Å². The van der Waals surface area contributed by atoms with Gasteiger partial charge in [0.05, 0.1) is 18.0 Å². The van der Waals surface area contributed by atoms with Gasteiger partial charge in [0.25, 0.3) is 0 Å². The fraction of sp³-hybridized carbons (Fsp3) is 0.370. The normalized spacial score (nSPS) is 11.7. The molecular formula is C27H35N3O3S. The van der Waals surface area contributed by atoms with Gasteiger partial charge in [-0.15, -0.1) is 0 Å². The van der Waals surface area contributed by atoms with E-state index in [1.165, 1.54) is 4.31 Å². The van der Waals surface area contributed by atoms with Crippen molar-refractivity contribution < 1.29 is 13.2 Å². The molecule has 0 fully saturated rings. The molecule has 0 atom stereocenters. The minimum absolute atomic E-state index is 0.194. The van der Waals surface area contributed by atoms with Gasteiger partial charge in [-0.1, -0.05) is 55.0 Å². The Bertz CT molecular complexity index is 1210. The third-order valence-corrected chi connectivity index (χ3v) is 8.11. The van der Waals surface area contributed by atoms with Crippen LogP contribution in [-0.4, -0.2) is 41.2 Å². The molecule has 0 bridgehead atoms. The number of rotatable bonds is 10. The lowest BCUT2D eigenvalue weighted by molar-refractivity contribution is -0.132. The molecule has 0 N–H and O–H groups in total. The van der Waals surface area contributed by atoms with Crippen LogP contribution in [0.1, 0.15) is 41.3 Å². The van der Waals surface area contributed by atoms with Crippen LogP contribution in [0.3, 0.4) is 0 Å². The SMILES string of the molecule is CCCN(CC(=O)N(Cc1ccccc1)Cc1cccn1C)S(=O)(=O)c1c(C)cc(C)cc1C. The number of amides is 1. The lowest BCUT2D eigenvalue weighted by atomic mass is 10.1. The molecule has 0 aliphatic heterocycles. The minimum atomic E-state index is -3.83. The quantitative estimate of drug-likeness (QED) is 0.426. The van der Waals surface area contributed by atoms with Crippen molar-refractivity contribution in [3.05, 3.63) is 88.7 Å². The molecule has 0 saturated heterocycles. The number of carbonyl (C=O) groups excluding carboxylic acids is 1. The lowest BCUT2D eigenvalue weighted by Gasteiger charge is -2.28. The Morgan fingerprint density at radius 1 is 0.941 bits per heavy atom. The van der Waals surface area contributed by atoms with E-state index >= 15 is 0 Å². The van der Waals surface area contributed by atoms with Gasteiger partial charge in [0.1, 0.15) is 0 Å². The average molecular weight is 482 g/mol. The molecule has 3 aromatic rings. The number of sulfonamides is 1. The summed E-state index contributed by atoms with van der Waals surface area (Å²) in [5.41, 5.74) is 4.41. The number of carbonyl (C=O) groups is 1. The Balaban J connectivity index is 1.92. The monoisotopic (exact) mass is 481 g/mol. The number of nitrogens with zero attached hydrogens (tertiary/aromatic N) is 3. The topological polar surface area (TPSA) is 62.6 Å². The first-order valence-corrected chi connectivity index (χ1v) is 13.1. The molecule has 0 saturated carbocycles. The standard InChI is InChI=1S/C27H35N3O3S/c1-6-14-30(34(32,33)27-22(3)16-21(2)17-23(27)4)20-26(31)29(18-24-11-8-7-9-12-24)19-25-13-10-15-28(25)5/h7-13,15-17H,6,14,18-20H2,1-5H3. The van der Waals surface area contributed by atoms with Crippen molar-refractivity contribution in [1.82, 2.24) is 13.8 Å². The Labute approximate surface area is 203 Å². The molecule has 34 heavy (non-hydrogen) atoms. The van der Waals surface area contributed by atoms with Crippen LogP contribution in [0.5, 0.6) is 0 Å². The minimum Gasteiger partial charge on any atom is -0.353 e. The van der Waals surface area contributed by atoms with Gasteiger partial charge in [-0.3, -0.25) is 4.79 Å². The zero-order valence-electron chi connectivity index (χ0n) is 20.8. The second-order valence-electron chi connectivity index (χ2n) is 8.91. The smallest absolute Gasteiger partial charge is 0.244 e. The lowest BCUT2D eigenvalue weighted by Crippen LogP contribution is -2.43. The van der Waals surface area contributed by atoms with E-state index in [0.717, 1.165) is 16.8 Å². The molecule has 1 heterocycles. The molecule has 1 amide bonds. The fourth-order valence-corrected chi connectivity index (χ4v) is 6.27. The Morgan fingerprint density at radius 2 is 1.59 bits per heavy atom. The summed E-state index contributed by atoms with van der Waals surface area (Å²) in [5.74, 6) is -0.218. The summed E-state index contributed by atoms with van der Waals surface area (Å²) in [4.78, 5) is 15.6. The van der Waals surface area contributed by atoms with Crippen molar-refractivity contribution in [3.63, 3.8) is 0 Å². The number of hydrogen-bond acceptors (Lipinski definition) is 3. The highest BCUT2D eigenvalue weighted by atomic mass is 32.2. The molecular weight excluding hydrogens is 446 g/mol. The molecule has 7 heteroatoms. The van der Waals surface area contributed by atoms with Crippen LogP contribution in [0, 0.1) is 20.8 Å².